The summed E-state index contributed by atoms with van der Waals surface area (Å²) in [5.74, 6) is -1.01. The van der Waals surface area contributed by atoms with Crippen LogP contribution in [0.3, 0.4) is 0 Å². The van der Waals surface area contributed by atoms with Crippen LogP contribution >= 0.6 is 0 Å². The average Bonchev–Trinajstić information content (AvgIpc) is 2.90. The van der Waals surface area contributed by atoms with Crippen molar-refractivity contribution >= 4 is 23.1 Å². The molecule has 0 fully saturated rings. The van der Waals surface area contributed by atoms with Gasteiger partial charge in [0, 0.05) is 0 Å². The molecule has 0 aliphatic rings. The van der Waals surface area contributed by atoms with Crippen molar-refractivity contribution < 1.29 is 13.2 Å². The predicted octanol–water partition coefficient (Wildman–Crippen LogP) is 7.82. The maximum atomic E-state index is 16.0. The van der Waals surface area contributed by atoms with Gasteiger partial charge in [0.15, 0.2) is 0 Å². The Balaban J connectivity index is 2.14. The lowest BCUT2D eigenvalue weighted by atomic mass is 9.36. The Labute approximate surface area is 222 Å². The van der Waals surface area contributed by atoms with Crippen molar-refractivity contribution in [3.05, 3.63) is 88.7 Å². The summed E-state index contributed by atoms with van der Waals surface area (Å²) < 4.78 is 48.1. The van der Waals surface area contributed by atoms with Crippen molar-refractivity contribution in [2.24, 2.45) is 0 Å². The molecule has 0 nitrogen and oxygen atoms in total. The van der Waals surface area contributed by atoms with E-state index >= 15 is 13.2 Å². The van der Waals surface area contributed by atoms with Gasteiger partial charge >= 0.3 is 0 Å². The Bertz CT molecular complexity index is 983. The summed E-state index contributed by atoms with van der Waals surface area (Å²) in [6.45, 7) is 5.52. The molecule has 0 saturated heterocycles. The lowest BCUT2D eigenvalue weighted by Crippen LogP contribution is -2.56. The zero-order chi connectivity index (χ0) is 26.6. The molecule has 0 aliphatic carbocycles. The minimum absolute atomic E-state index is 0.338. The molecule has 0 heterocycles. The van der Waals surface area contributed by atoms with Crippen molar-refractivity contribution in [3.63, 3.8) is 0 Å². The highest BCUT2D eigenvalue weighted by atomic mass is 19.1. The Morgan fingerprint density at radius 1 is 0.459 bits per heavy atom. The summed E-state index contributed by atoms with van der Waals surface area (Å²) in [5, 5.41) is 0. The molecule has 0 radical (unpaired) electrons. The van der Waals surface area contributed by atoms with Crippen molar-refractivity contribution in [2.75, 3.05) is 0 Å². The molecule has 0 N–H and O–H groups in total. The maximum Gasteiger partial charge on any atom is 0.252 e. The first-order valence-electron chi connectivity index (χ1n) is 14.3. The van der Waals surface area contributed by atoms with Gasteiger partial charge in [-0.3, -0.25) is 0 Å². The van der Waals surface area contributed by atoms with Crippen molar-refractivity contribution in [1.82, 2.24) is 0 Å². The fourth-order valence-electron chi connectivity index (χ4n) is 5.25. The maximum absolute atomic E-state index is 16.0. The molecular weight excluding hydrogens is 464 g/mol. The molecule has 198 valence electrons. The monoisotopic (exact) mass is 506 g/mol. The van der Waals surface area contributed by atoms with E-state index in [1.165, 1.54) is 0 Å². The molecule has 0 saturated carbocycles. The van der Waals surface area contributed by atoms with E-state index in [0.29, 0.717) is 52.3 Å². The fourth-order valence-corrected chi connectivity index (χ4v) is 5.25. The van der Waals surface area contributed by atoms with Gasteiger partial charge in [0.05, 0.1) is 0 Å². The number of benzene rings is 3. The van der Waals surface area contributed by atoms with Crippen LogP contribution in [-0.2, 0) is 19.3 Å². The van der Waals surface area contributed by atoms with Gasteiger partial charge in [-0.15, -0.1) is 0 Å². The van der Waals surface area contributed by atoms with E-state index in [-0.39, 0.29) is 17.5 Å². The summed E-state index contributed by atoms with van der Waals surface area (Å²) in [4.78, 5) is 0. The van der Waals surface area contributed by atoms with Crippen LogP contribution in [0.2, 0.25) is 0 Å². The van der Waals surface area contributed by atoms with Gasteiger partial charge < -0.3 is 0 Å². The minimum atomic E-state index is -0.844. The Hall–Kier alpha value is -2.49. The Morgan fingerprint density at radius 3 is 1.03 bits per heavy atom. The summed E-state index contributed by atoms with van der Waals surface area (Å²) in [6.07, 6.45) is 10.8. The highest BCUT2D eigenvalue weighted by molar-refractivity contribution is 6.95. The molecule has 4 heteroatoms. The summed E-state index contributed by atoms with van der Waals surface area (Å²) in [5.41, 5.74) is 2.91. The second-order valence-electron chi connectivity index (χ2n) is 10.3. The van der Waals surface area contributed by atoms with E-state index in [1.807, 2.05) is 18.2 Å². The Morgan fingerprint density at radius 2 is 0.757 bits per heavy atom. The van der Waals surface area contributed by atoms with Gasteiger partial charge in [0.1, 0.15) is 17.5 Å². The average molecular weight is 507 g/mol. The molecule has 37 heavy (non-hydrogen) atoms. The number of halogens is 3. The van der Waals surface area contributed by atoms with E-state index in [0.717, 1.165) is 57.8 Å². The highest BCUT2D eigenvalue weighted by Gasteiger charge is 2.32. The first-order valence-corrected chi connectivity index (χ1v) is 14.3. The summed E-state index contributed by atoms with van der Waals surface area (Å²) >= 11 is 0. The number of aryl methyl sites for hydroxylation is 3. The third-order valence-electron chi connectivity index (χ3n) is 7.41. The van der Waals surface area contributed by atoms with Gasteiger partial charge in [0.25, 0.3) is 6.71 Å². The summed E-state index contributed by atoms with van der Waals surface area (Å²) in [6, 6.07) is 16.0. The van der Waals surface area contributed by atoms with Gasteiger partial charge in [0.2, 0.25) is 0 Å². The fraction of sp³-hybridized carbons (Fsp3) is 0.455. The molecule has 0 atom stereocenters. The first-order chi connectivity index (χ1) is 18.0. The SMILES string of the molecule is CCCCCc1cccc(B(c2cccc(CCCCC)c2F)c2cccc(CCCCC)c2F)c1F. The molecule has 0 spiro atoms. The van der Waals surface area contributed by atoms with Crippen LogP contribution in [0, 0.1) is 17.5 Å². The molecule has 0 bridgehead atoms. The largest absolute Gasteiger partial charge is 0.252 e. The minimum Gasteiger partial charge on any atom is -0.207 e. The third-order valence-corrected chi connectivity index (χ3v) is 7.41. The quantitative estimate of drug-likeness (QED) is 0.146. The van der Waals surface area contributed by atoms with E-state index in [1.54, 1.807) is 36.4 Å². The standard InChI is InChI=1S/C33H42BF3/c1-4-7-10-16-25-19-13-22-28(31(25)35)34(29-23-14-20-26(32(29)36)17-11-8-5-2)30-24-15-21-27(33(30)37)18-12-9-6-3/h13-15,19-24H,4-12,16-18H2,1-3H3. The van der Waals surface area contributed by atoms with Crippen LogP contribution in [0.25, 0.3) is 0 Å². The van der Waals surface area contributed by atoms with Crippen LogP contribution in [0.5, 0.6) is 0 Å². The normalized spacial score (nSPS) is 11.2. The summed E-state index contributed by atoms with van der Waals surface area (Å²) in [7, 11) is 0. The lowest BCUT2D eigenvalue weighted by Gasteiger charge is -2.21. The van der Waals surface area contributed by atoms with Gasteiger partial charge in [-0.2, -0.15) is 0 Å². The van der Waals surface area contributed by atoms with Crippen LogP contribution in [0.1, 0.15) is 95.2 Å². The first kappa shape index (κ1) is 29.1. The van der Waals surface area contributed by atoms with Crippen LogP contribution in [0.4, 0.5) is 13.2 Å². The van der Waals surface area contributed by atoms with E-state index in [2.05, 4.69) is 20.8 Å². The molecule has 3 aromatic carbocycles. The number of hydrogen-bond donors (Lipinski definition) is 0. The number of unbranched alkanes of at least 4 members (excludes halogenated alkanes) is 6. The lowest BCUT2D eigenvalue weighted by molar-refractivity contribution is 0.601. The second kappa shape index (κ2) is 15.1. The van der Waals surface area contributed by atoms with E-state index < -0.39 is 6.71 Å². The van der Waals surface area contributed by atoms with E-state index in [9.17, 15) is 0 Å². The molecular formula is C33H42BF3. The molecule has 0 aliphatic heterocycles. The van der Waals surface area contributed by atoms with Crippen LogP contribution in [-0.4, -0.2) is 6.71 Å². The molecule has 0 unspecified atom stereocenters. The van der Waals surface area contributed by atoms with Crippen molar-refractivity contribution in [2.45, 2.75) is 97.8 Å². The highest BCUT2D eigenvalue weighted by Crippen LogP contribution is 2.16. The smallest absolute Gasteiger partial charge is 0.207 e. The zero-order valence-electron chi connectivity index (χ0n) is 22.9. The number of hydrogen-bond acceptors (Lipinski definition) is 0. The second-order valence-corrected chi connectivity index (χ2v) is 10.3. The van der Waals surface area contributed by atoms with E-state index in [4.69, 9.17) is 0 Å². The van der Waals surface area contributed by atoms with Crippen LogP contribution < -0.4 is 16.4 Å². The molecule has 3 aromatic rings. The van der Waals surface area contributed by atoms with Gasteiger partial charge in [-0.05, 0) is 71.6 Å². The zero-order valence-corrected chi connectivity index (χ0v) is 22.9. The van der Waals surface area contributed by atoms with Crippen molar-refractivity contribution in [1.29, 1.82) is 0 Å². The van der Waals surface area contributed by atoms with Gasteiger partial charge in [-0.25, -0.2) is 13.2 Å². The molecule has 0 aromatic heterocycles. The number of rotatable bonds is 15. The topological polar surface area (TPSA) is 0 Å². The predicted molar refractivity (Wildman–Crippen MR) is 154 cm³/mol. The van der Waals surface area contributed by atoms with Gasteiger partial charge in [-0.1, -0.05) is 114 Å². The third kappa shape index (κ3) is 7.52. The van der Waals surface area contributed by atoms with Crippen LogP contribution in [0.15, 0.2) is 54.6 Å². The molecule has 3 rings (SSSR count). The van der Waals surface area contributed by atoms with Crippen molar-refractivity contribution in [3.8, 4) is 0 Å². The molecule has 0 amide bonds. The Kier molecular flexibility index (Phi) is 11.8.